The first-order valence-electron chi connectivity index (χ1n) is 4.21. The normalized spacial score (nSPS) is 10.1. The summed E-state index contributed by atoms with van der Waals surface area (Å²) in [5.74, 6) is 0.710. The number of methoxy groups -OCH3 is 1. The van der Waals surface area contributed by atoms with Crippen LogP contribution in [0, 0.1) is 0 Å². The van der Waals surface area contributed by atoms with Crippen molar-refractivity contribution in [3.63, 3.8) is 0 Å². The predicted octanol–water partition coefficient (Wildman–Crippen LogP) is 3.13. The van der Waals surface area contributed by atoms with E-state index in [1.54, 1.807) is 24.5 Å². The smallest absolute Gasteiger partial charge is 0.165 e. The number of hydrogen-bond acceptors (Lipinski definition) is 3. The maximum absolute atomic E-state index is 9.84. The molecule has 0 atom stereocenters. The van der Waals surface area contributed by atoms with E-state index in [4.69, 9.17) is 4.74 Å². The Kier molecular flexibility index (Phi) is 2.41. The highest BCUT2D eigenvalue weighted by molar-refractivity contribution is 7.08. The summed E-state index contributed by atoms with van der Waals surface area (Å²) in [6.07, 6.45) is 0. The third kappa shape index (κ3) is 1.46. The summed E-state index contributed by atoms with van der Waals surface area (Å²) >= 11 is 1.60. The number of hydrogen-bond donors (Lipinski definition) is 1. The van der Waals surface area contributed by atoms with Crippen molar-refractivity contribution >= 4 is 11.3 Å². The monoisotopic (exact) mass is 206 g/mol. The van der Waals surface area contributed by atoms with Crippen molar-refractivity contribution in [2.24, 2.45) is 0 Å². The Morgan fingerprint density at radius 3 is 2.79 bits per heavy atom. The van der Waals surface area contributed by atoms with E-state index in [0.29, 0.717) is 5.75 Å². The Morgan fingerprint density at radius 2 is 2.14 bits per heavy atom. The first-order chi connectivity index (χ1) is 6.83. The van der Waals surface area contributed by atoms with Crippen molar-refractivity contribution in [3.8, 4) is 22.6 Å². The second-order valence-corrected chi connectivity index (χ2v) is 3.65. The van der Waals surface area contributed by atoms with Gasteiger partial charge in [0.2, 0.25) is 0 Å². The van der Waals surface area contributed by atoms with Crippen LogP contribution in [0.1, 0.15) is 0 Å². The zero-order valence-electron chi connectivity index (χ0n) is 7.73. The minimum absolute atomic E-state index is 0.202. The number of para-hydroxylation sites is 1. The van der Waals surface area contributed by atoms with E-state index in [1.165, 1.54) is 0 Å². The molecule has 0 fully saturated rings. The quantitative estimate of drug-likeness (QED) is 0.818. The Hall–Kier alpha value is -1.48. The van der Waals surface area contributed by atoms with Gasteiger partial charge >= 0.3 is 0 Å². The van der Waals surface area contributed by atoms with Gasteiger partial charge < -0.3 is 9.84 Å². The Labute approximate surface area is 86.4 Å². The van der Waals surface area contributed by atoms with Gasteiger partial charge in [-0.05, 0) is 28.5 Å². The minimum Gasteiger partial charge on any atom is -0.504 e. The maximum atomic E-state index is 9.84. The van der Waals surface area contributed by atoms with Gasteiger partial charge in [0, 0.05) is 5.56 Å². The molecule has 0 radical (unpaired) electrons. The van der Waals surface area contributed by atoms with E-state index in [9.17, 15) is 5.11 Å². The van der Waals surface area contributed by atoms with Crippen molar-refractivity contribution < 1.29 is 9.84 Å². The first kappa shape index (κ1) is 9.09. The molecule has 0 saturated carbocycles. The third-order valence-electron chi connectivity index (χ3n) is 2.05. The molecule has 3 heteroatoms. The molecule has 0 aliphatic carbocycles. The second-order valence-electron chi connectivity index (χ2n) is 2.87. The number of thiophene rings is 1. The van der Waals surface area contributed by atoms with Crippen molar-refractivity contribution in [2.75, 3.05) is 7.11 Å². The van der Waals surface area contributed by atoms with Crippen molar-refractivity contribution in [1.82, 2.24) is 0 Å². The number of aromatic hydroxyl groups is 1. The second kappa shape index (κ2) is 3.72. The van der Waals surface area contributed by atoms with Crippen LogP contribution in [-0.4, -0.2) is 12.2 Å². The molecular formula is C11H10O2S. The molecule has 0 amide bonds. The predicted molar refractivity (Wildman–Crippen MR) is 58.0 cm³/mol. The summed E-state index contributed by atoms with van der Waals surface area (Å²) in [5.41, 5.74) is 1.83. The molecule has 1 aromatic heterocycles. The zero-order valence-corrected chi connectivity index (χ0v) is 8.54. The third-order valence-corrected chi connectivity index (χ3v) is 2.73. The SMILES string of the molecule is COc1cccc(-c2ccsc2)c1O. The number of rotatable bonds is 2. The van der Waals surface area contributed by atoms with Crippen molar-refractivity contribution in [2.45, 2.75) is 0 Å². The summed E-state index contributed by atoms with van der Waals surface area (Å²) in [6, 6.07) is 7.45. The number of ether oxygens (including phenoxy) is 1. The topological polar surface area (TPSA) is 29.5 Å². The van der Waals surface area contributed by atoms with Crippen LogP contribution >= 0.6 is 11.3 Å². The minimum atomic E-state index is 0.202. The Bertz CT molecular complexity index is 421. The average molecular weight is 206 g/mol. The fourth-order valence-electron chi connectivity index (χ4n) is 1.34. The van der Waals surface area contributed by atoms with Crippen LogP contribution in [0.3, 0.4) is 0 Å². The lowest BCUT2D eigenvalue weighted by atomic mass is 10.1. The lowest BCUT2D eigenvalue weighted by Gasteiger charge is -2.06. The van der Waals surface area contributed by atoms with Crippen LogP contribution in [0.4, 0.5) is 0 Å². The highest BCUT2D eigenvalue weighted by atomic mass is 32.1. The number of benzene rings is 1. The van der Waals surface area contributed by atoms with Gasteiger partial charge in [0.15, 0.2) is 11.5 Å². The van der Waals surface area contributed by atoms with Crippen LogP contribution < -0.4 is 4.74 Å². The molecular weight excluding hydrogens is 196 g/mol. The molecule has 2 aromatic rings. The molecule has 1 heterocycles. The van der Waals surface area contributed by atoms with Gasteiger partial charge in [-0.1, -0.05) is 12.1 Å². The van der Waals surface area contributed by atoms with Crippen LogP contribution in [0.5, 0.6) is 11.5 Å². The molecule has 0 aliphatic heterocycles. The molecule has 1 N–H and O–H groups in total. The lowest BCUT2D eigenvalue weighted by molar-refractivity contribution is 0.374. The number of phenols is 1. The Morgan fingerprint density at radius 1 is 1.29 bits per heavy atom. The van der Waals surface area contributed by atoms with Gasteiger partial charge in [-0.25, -0.2) is 0 Å². The van der Waals surface area contributed by atoms with Gasteiger partial charge in [0.05, 0.1) is 7.11 Å². The van der Waals surface area contributed by atoms with E-state index in [2.05, 4.69) is 0 Å². The van der Waals surface area contributed by atoms with Gasteiger partial charge in [-0.2, -0.15) is 11.3 Å². The molecule has 0 unspecified atom stereocenters. The molecule has 1 aromatic carbocycles. The van der Waals surface area contributed by atoms with E-state index >= 15 is 0 Å². The van der Waals surface area contributed by atoms with Gasteiger partial charge in [-0.15, -0.1) is 0 Å². The molecule has 2 rings (SSSR count). The van der Waals surface area contributed by atoms with Gasteiger partial charge in [0.1, 0.15) is 0 Å². The summed E-state index contributed by atoms with van der Waals surface area (Å²) in [7, 11) is 1.55. The van der Waals surface area contributed by atoms with Crippen LogP contribution in [-0.2, 0) is 0 Å². The van der Waals surface area contributed by atoms with Crippen LogP contribution in [0.25, 0.3) is 11.1 Å². The Balaban J connectivity index is 2.54. The molecule has 0 spiro atoms. The largest absolute Gasteiger partial charge is 0.504 e. The van der Waals surface area contributed by atoms with Gasteiger partial charge in [-0.3, -0.25) is 0 Å². The lowest BCUT2D eigenvalue weighted by Crippen LogP contribution is -1.84. The summed E-state index contributed by atoms with van der Waals surface area (Å²) in [6.45, 7) is 0. The molecule has 2 nitrogen and oxygen atoms in total. The standard InChI is InChI=1S/C11H10O2S/c1-13-10-4-2-3-9(11(10)12)8-5-6-14-7-8/h2-7,12H,1H3. The molecule has 0 aliphatic rings. The molecule has 0 bridgehead atoms. The summed E-state index contributed by atoms with van der Waals surface area (Å²) in [4.78, 5) is 0. The first-order valence-corrected chi connectivity index (χ1v) is 5.15. The van der Waals surface area contributed by atoms with E-state index in [0.717, 1.165) is 11.1 Å². The number of phenolic OH excluding ortho intramolecular Hbond substituents is 1. The van der Waals surface area contributed by atoms with E-state index < -0.39 is 0 Å². The highest BCUT2D eigenvalue weighted by Crippen LogP contribution is 2.37. The summed E-state index contributed by atoms with van der Waals surface area (Å²) < 4.78 is 5.04. The van der Waals surface area contributed by atoms with Crippen molar-refractivity contribution in [1.29, 1.82) is 0 Å². The molecule has 0 saturated heterocycles. The fraction of sp³-hybridized carbons (Fsp3) is 0.0909. The zero-order chi connectivity index (χ0) is 9.97. The van der Waals surface area contributed by atoms with Crippen LogP contribution in [0.15, 0.2) is 35.0 Å². The van der Waals surface area contributed by atoms with Crippen LogP contribution in [0.2, 0.25) is 0 Å². The fourth-order valence-corrected chi connectivity index (χ4v) is 1.99. The highest BCUT2D eigenvalue weighted by Gasteiger charge is 2.08. The van der Waals surface area contributed by atoms with Crippen molar-refractivity contribution in [3.05, 3.63) is 35.0 Å². The van der Waals surface area contributed by atoms with E-state index in [1.807, 2.05) is 29.0 Å². The van der Waals surface area contributed by atoms with Gasteiger partial charge in [0.25, 0.3) is 0 Å². The molecule has 14 heavy (non-hydrogen) atoms. The summed E-state index contributed by atoms with van der Waals surface area (Å²) in [5, 5.41) is 13.8. The molecule has 72 valence electrons. The van der Waals surface area contributed by atoms with E-state index in [-0.39, 0.29) is 5.75 Å². The maximum Gasteiger partial charge on any atom is 0.165 e. The average Bonchev–Trinajstić information content (AvgIpc) is 2.71.